The van der Waals surface area contributed by atoms with Crippen molar-refractivity contribution in [2.24, 2.45) is 0 Å². The van der Waals surface area contributed by atoms with E-state index >= 15 is 0 Å². The van der Waals surface area contributed by atoms with Gasteiger partial charge in [-0.3, -0.25) is 9.36 Å². The van der Waals surface area contributed by atoms with Crippen LogP contribution in [0, 0.1) is 0 Å². The molecule has 0 saturated carbocycles. The van der Waals surface area contributed by atoms with E-state index in [9.17, 15) is 9.59 Å². The number of carboxylic acids is 1. The van der Waals surface area contributed by atoms with Gasteiger partial charge in [0.1, 0.15) is 5.75 Å². The number of aromatic carboxylic acids is 1. The SMILES string of the molecule is CCC(C)Oc1cccc(-n2cc(C(=O)O)ccc2=O)c1. The van der Waals surface area contributed by atoms with Crippen LogP contribution in [0.15, 0.2) is 47.4 Å². The van der Waals surface area contributed by atoms with Crippen LogP contribution in [0.25, 0.3) is 5.69 Å². The lowest BCUT2D eigenvalue weighted by molar-refractivity contribution is 0.0696. The molecule has 1 atom stereocenters. The number of rotatable bonds is 5. The van der Waals surface area contributed by atoms with Gasteiger partial charge in [-0.05, 0) is 31.5 Å². The first-order valence-corrected chi connectivity index (χ1v) is 6.74. The Morgan fingerprint density at radius 2 is 2.10 bits per heavy atom. The molecule has 0 saturated heterocycles. The molecule has 1 N–H and O–H groups in total. The van der Waals surface area contributed by atoms with Gasteiger partial charge in [0.2, 0.25) is 0 Å². The second kappa shape index (κ2) is 6.26. The van der Waals surface area contributed by atoms with E-state index in [1.807, 2.05) is 19.9 Å². The zero-order valence-electron chi connectivity index (χ0n) is 11.9. The summed E-state index contributed by atoms with van der Waals surface area (Å²) in [5.74, 6) is -0.426. The largest absolute Gasteiger partial charge is 0.491 e. The Balaban J connectivity index is 2.42. The van der Waals surface area contributed by atoms with Gasteiger partial charge in [-0.1, -0.05) is 13.0 Å². The second-order valence-electron chi connectivity index (χ2n) is 4.77. The molecule has 5 heteroatoms. The van der Waals surface area contributed by atoms with Crippen molar-refractivity contribution >= 4 is 5.97 Å². The summed E-state index contributed by atoms with van der Waals surface area (Å²) >= 11 is 0. The van der Waals surface area contributed by atoms with Gasteiger partial charge in [-0.15, -0.1) is 0 Å². The molecule has 0 spiro atoms. The highest BCUT2D eigenvalue weighted by atomic mass is 16.5. The van der Waals surface area contributed by atoms with Crippen molar-refractivity contribution in [2.75, 3.05) is 0 Å². The highest BCUT2D eigenvalue weighted by Gasteiger charge is 2.08. The lowest BCUT2D eigenvalue weighted by Gasteiger charge is -2.14. The monoisotopic (exact) mass is 287 g/mol. The van der Waals surface area contributed by atoms with Gasteiger partial charge in [-0.25, -0.2) is 4.79 Å². The summed E-state index contributed by atoms with van der Waals surface area (Å²) in [6, 6.07) is 9.57. The van der Waals surface area contributed by atoms with Crippen LogP contribution in [0.2, 0.25) is 0 Å². The Kier molecular flexibility index (Phi) is 4.42. The number of hydrogen-bond acceptors (Lipinski definition) is 3. The van der Waals surface area contributed by atoms with Gasteiger partial charge in [0, 0.05) is 18.3 Å². The third kappa shape index (κ3) is 3.51. The lowest BCUT2D eigenvalue weighted by atomic mass is 10.2. The number of ether oxygens (including phenoxy) is 1. The summed E-state index contributed by atoms with van der Waals surface area (Å²) in [6.07, 6.45) is 2.26. The van der Waals surface area contributed by atoms with Crippen LogP contribution >= 0.6 is 0 Å². The number of carbonyl (C=O) groups is 1. The summed E-state index contributed by atoms with van der Waals surface area (Å²) in [6.45, 7) is 3.99. The second-order valence-corrected chi connectivity index (χ2v) is 4.77. The molecule has 2 rings (SSSR count). The topological polar surface area (TPSA) is 68.5 Å². The molecule has 110 valence electrons. The molecular formula is C16H17NO4. The summed E-state index contributed by atoms with van der Waals surface area (Å²) < 4.78 is 7.01. The van der Waals surface area contributed by atoms with E-state index in [0.29, 0.717) is 11.4 Å². The molecule has 0 amide bonds. The van der Waals surface area contributed by atoms with E-state index in [1.165, 1.54) is 22.9 Å². The quantitative estimate of drug-likeness (QED) is 0.918. The molecule has 5 nitrogen and oxygen atoms in total. The average molecular weight is 287 g/mol. The zero-order valence-corrected chi connectivity index (χ0v) is 11.9. The molecule has 0 aliphatic carbocycles. The third-order valence-corrected chi connectivity index (χ3v) is 3.17. The van der Waals surface area contributed by atoms with E-state index < -0.39 is 5.97 Å². The number of pyridine rings is 1. The lowest BCUT2D eigenvalue weighted by Crippen LogP contribution is -2.18. The smallest absolute Gasteiger partial charge is 0.337 e. The molecule has 1 heterocycles. The van der Waals surface area contributed by atoms with Gasteiger partial charge in [0.15, 0.2) is 0 Å². The number of benzene rings is 1. The molecule has 0 fully saturated rings. The summed E-state index contributed by atoms with van der Waals surface area (Å²) in [7, 11) is 0. The minimum Gasteiger partial charge on any atom is -0.491 e. The van der Waals surface area contributed by atoms with Crippen molar-refractivity contribution in [1.82, 2.24) is 4.57 Å². The van der Waals surface area contributed by atoms with Crippen LogP contribution in [0.3, 0.4) is 0 Å². The predicted octanol–water partition coefficient (Wildman–Crippen LogP) is 2.71. The molecule has 0 radical (unpaired) electrons. The number of hydrogen-bond donors (Lipinski definition) is 1. The molecule has 2 aromatic rings. The van der Waals surface area contributed by atoms with Gasteiger partial charge < -0.3 is 9.84 Å². The van der Waals surface area contributed by atoms with E-state index in [1.54, 1.807) is 18.2 Å². The predicted molar refractivity (Wildman–Crippen MR) is 79.4 cm³/mol. The molecule has 1 aromatic heterocycles. The van der Waals surface area contributed by atoms with Crippen LogP contribution in [0.1, 0.15) is 30.6 Å². The maximum Gasteiger partial charge on any atom is 0.337 e. The maximum absolute atomic E-state index is 11.9. The Hall–Kier alpha value is -2.56. The molecule has 0 aliphatic rings. The molecule has 0 aliphatic heterocycles. The first-order chi connectivity index (χ1) is 10.0. The normalized spacial score (nSPS) is 11.9. The Morgan fingerprint density at radius 3 is 2.76 bits per heavy atom. The highest BCUT2D eigenvalue weighted by Crippen LogP contribution is 2.18. The molecule has 1 aromatic carbocycles. The van der Waals surface area contributed by atoms with Crippen LogP contribution in [-0.4, -0.2) is 21.7 Å². The summed E-state index contributed by atoms with van der Waals surface area (Å²) in [5, 5.41) is 9.01. The fourth-order valence-corrected chi connectivity index (χ4v) is 1.84. The van der Waals surface area contributed by atoms with E-state index in [-0.39, 0.29) is 17.2 Å². The standard InChI is InChI=1S/C16H17NO4/c1-3-11(2)21-14-6-4-5-13(9-14)17-10-12(16(19)20)7-8-15(17)18/h4-11H,3H2,1-2H3,(H,19,20). The van der Waals surface area contributed by atoms with Crippen molar-refractivity contribution in [3.05, 3.63) is 58.5 Å². The van der Waals surface area contributed by atoms with Crippen molar-refractivity contribution in [3.8, 4) is 11.4 Å². The molecule has 0 bridgehead atoms. The molecule has 1 unspecified atom stereocenters. The number of nitrogens with zero attached hydrogens (tertiary/aromatic N) is 1. The Labute approximate surface area is 122 Å². The van der Waals surface area contributed by atoms with E-state index in [0.717, 1.165) is 6.42 Å². The molecule has 21 heavy (non-hydrogen) atoms. The van der Waals surface area contributed by atoms with Crippen molar-refractivity contribution < 1.29 is 14.6 Å². The van der Waals surface area contributed by atoms with Crippen LogP contribution in [0.4, 0.5) is 0 Å². The fourth-order valence-electron chi connectivity index (χ4n) is 1.84. The van der Waals surface area contributed by atoms with Gasteiger partial charge in [0.05, 0.1) is 17.4 Å². The highest BCUT2D eigenvalue weighted by molar-refractivity contribution is 5.87. The first-order valence-electron chi connectivity index (χ1n) is 6.74. The van der Waals surface area contributed by atoms with Crippen molar-refractivity contribution in [1.29, 1.82) is 0 Å². The van der Waals surface area contributed by atoms with Crippen molar-refractivity contribution in [2.45, 2.75) is 26.4 Å². The summed E-state index contributed by atoms with van der Waals surface area (Å²) in [5.41, 5.74) is 0.340. The fraction of sp³-hybridized carbons (Fsp3) is 0.250. The number of aromatic nitrogens is 1. The van der Waals surface area contributed by atoms with Crippen molar-refractivity contribution in [3.63, 3.8) is 0 Å². The first kappa shape index (κ1) is 14.8. The van der Waals surface area contributed by atoms with Crippen LogP contribution in [-0.2, 0) is 0 Å². The van der Waals surface area contributed by atoms with Gasteiger partial charge in [-0.2, -0.15) is 0 Å². The maximum atomic E-state index is 11.9. The molecular weight excluding hydrogens is 270 g/mol. The van der Waals surface area contributed by atoms with E-state index in [4.69, 9.17) is 9.84 Å². The van der Waals surface area contributed by atoms with Crippen LogP contribution in [0.5, 0.6) is 5.75 Å². The minimum absolute atomic E-state index is 0.0582. The average Bonchev–Trinajstić information content (AvgIpc) is 2.47. The van der Waals surface area contributed by atoms with E-state index in [2.05, 4.69) is 0 Å². The van der Waals surface area contributed by atoms with Gasteiger partial charge in [0.25, 0.3) is 5.56 Å². The summed E-state index contributed by atoms with van der Waals surface area (Å²) in [4.78, 5) is 22.9. The Bertz CT molecular complexity index is 705. The van der Waals surface area contributed by atoms with Crippen LogP contribution < -0.4 is 10.3 Å². The zero-order chi connectivity index (χ0) is 15.4. The third-order valence-electron chi connectivity index (χ3n) is 3.17. The Morgan fingerprint density at radius 1 is 1.33 bits per heavy atom. The minimum atomic E-state index is -1.07. The van der Waals surface area contributed by atoms with Gasteiger partial charge >= 0.3 is 5.97 Å². The number of carboxylic acid groups (broad SMARTS) is 1.